The third-order valence-corrected chi connectivity index (χ3v) is 3.33. The van der Waals surface area contributed by atoms with Crippen LogP contribution in [0.5, 0.6) is 0 Å². The number of aryl methyl sites for hydroxylation is 2. The first-order chi connectivity index (χ1) is 7.11. The summed E-state index contributed by atoms with van der Waals surface area (Å²) in [6.45, 7) is 3.88. The lowest BCUT2D eigenvalue weighted by Crippen LogP contribution is -2.25. The van der Waals surface area contributed by atoms with Crippen LogP contribution in [0.2, 0.25) is 0 Å². The highest BCUT2D eigenvalue weighted by molar-refractivity contribution is 5.40. The normalized spacial score (nSPS) is 19.7. The van der Waals surface area contributed by atoms with Gasteiger partial charge in [0.15, 0.2) is 0 Å². The predicted molar refractivity (Wildman–Crippen MR) is 60.8 cm³/mol. The molecular formula is C12H20N2O. The average Bonchev–Trinajstić information content (AvgIpc) is 2.52. The molecule has 0 aromatic carbocycles. The molecule has 0 saturated carbocycles. The van der Waals surface area contributed by atoms with E-state index < -0.39 is 6.10 Å². The summed E-state index contributed by atoms with van der Waals surface area (Å²) < 4.78 is 0. The third kappa shape index (κ3) is 1.82. The number of aromatic amines is 1. The molecule has 1 aliphatic rings. The van der Waals surface area contributed by atoms with Crippen LogP contribution in [0.4, 0.5) is 0 Å². The maximum absolute atomic E-state index is 10.1. The highest BCUT2D eigenvalue weighted by Gasteiger charge is 2.24. The third-order valence-electron chi connectivity index (χ3n) is 3.33. The van der Waals surface area contributed by atoms with Gasteiger partial charge in [-0.3, -0.25) is 0 Å². The second-order valence-corrected chi connectivity index (χ2v) is 4.63. The first-order valence-electron chi connectivity index (χ1n) is 5.75. The fourth-order valence-electron chi connectivity index (χ4n) is 2.52. The summed E-state index contributed by atoms with van der Waals surface area (Å²) in [6, 6.07) is -0.203. The molecule has 1 aromatic rings. The number of aliphatic hydroxyl groups excluding tert-OH is 1. The van der Waals surface area contributed by atoms with Gasteiger partial charge in [-0.2, -0.15) is 0 Å². The van der Waals surface area contributed by atoms with Crippen LogP contribution in [0.15, 0.2) is 0 Å². The van der Waals surface area contributed by atoms with Gasteiger partial charge in [0.05, 0.1) is 6.10 Å². The molecule has 0 amide bonds. The van der Waals surface area contributed by atoms with E-state index in [1.807, 2.05) is 13.8 Å². The fraction of sp³-hybridized carbons (Fsp3) is 0.667. The van der Waals surface area contributed by atoms with E-state index >= 15 is 0 Å². The molecule has 1 aliphatic carbocycles. The molecule has 1 aromatic heterocycles. The van der Waals surface area contributed by atoms with E-state index in [4.69, 9.17) is 5.73 Å². The number of aliphatic hydroxyl groups is 1. The van der Waals surface area contributed by atoms with Crippen molar-refractivity contribution in [1.29, 1.82) is 0 Å². The molecule has 0 saturated heterocycles. The molecule has 3 heteroatoms. The summed E-state index contributed by atoms with van der Waals surface area (Å²) in [4.78, 5) is 3.39. The Hall–Kier alpha value is -0.800. The molecule has 0 aliphatic heterocycles. The van der Waals surface area contributed by atoms with Crippen molar-refractivity contribution in [2.24, 2.45) is 5.73 Å². The molecular weight excluding hydrogens is 188 g/mol. The van der Waals surface area contributed by atoms with Gasteiger partial charge in [-0.25, -0.2) is 0 Å². The maximum Gasteiger partial charge on any atom is 0.0958 e. The Morgan fingerprint density at radius 3 is 2.67 bits per heavy atom. The van der Waals surface area contributed by atoms with Gasteiger partial charge in [-0.05, 0) is 45.1 Å². The lowest BCUT2D eigenvalue weighted by Gasteiger charge is -2.19. The van der Waals surface area contributed by atoms with Gasteiger partial charge < -0.3 is 15.8 Å². The zero-order chi connectivity index (χ0) is 11.0. The van der Waals surface area contributed by atoms with Gasteiger partial charge in [0.2, 0.25) is 0 Å². The SMILES string of the molecule is Cc1[nH]c2c(c1C(O)C(C)N)CCCC2. The van der Waals surface area contributed by atoms with Crippen molar-refractivity contribution in [2.45, 2.75) is 51.7 Å². The summed E-state index contributed by atoms with van der Waals surface area (Å²) in [7, 11) is 0. The molecule has 0 fully saturated rings. The molecule has 2 rings (SSSR count). The maximum atomic E-state index is 10.1. The second kappa shape index (κ2) is 3.99. The minimum absolute atomic E-state index is 0.203. The minimum atomic E-state index is -0.525. The zero-order valence-electron chi connectivity index (χ0n) is 9.51. The van der Waals surface area contributed by atoms with Gasteiger partial charge in [0.25, 0.3) is 0 Å². The number of nitrogens with two attached hydrogens (primary N) is 1. The minimum Gasteiger partial charge on any atom is -0.387 e. The van der Waals surface area contributed by atoms with E-state index in [-0.39, 0.29) is 6.04 Å². The summed E-state index contributed by atoms with van der Waals surface area (Å²) in [5, 5.41) is 10.1. The van der Waals surface area contributed by atoms with Crippen LogP contribution < -0.4 is 5.73 Å². The summed E-state index contributed by atoms with van der Waals surface area (Å²) in [6.07, 6.45) is 4.15. The monoisotopic (exact) mass is 208 g/mol. The van der Waals surface area contributed by atoms with Crippen molar-refractivity contribution in [3.8, 4) is 0 Å². The first-order valence-corrected chi connectivity index (χ1v) is 5.75. The summed E-state index contributed by atoms with van der Waals surface area (Å²) in [5.74, 6) is 0. The summed E-state index contributed by atoms with van der Waals surface area (Å²) in [5.41, 5.74) is 10.5. The average molecular weight is 208 g/mol. The molecule has 0 radical (unpaired) electrons. The van der Waals surface area contributed by atoms with Crippen LogP contribution in [0.3, 0.4) is 0 Å². The second-order valence-electron chi connectivity index (χ2n) is 4.63. The van der Waals surface area contributed by atoms with Crippen molar-refractivity contribution in [3.63, 3.8) is 0 Å². The number of nitrogens with one attached hydrogen (secondary N) is 1. The highest BCUT2D eigenvalue weighted by Crippen LogP contribution is 2.31. The number of rotatable bonds is 2. The van der Waals surface area contributed by atoms with Gasteiger partial charge >= 0.3 is 0 Å². The van der Waals surface area contributed by atoms with E-state index in [1.165, 1.54) is 24.1 Å². The van der Waals surface area contributed by atoms with Gasteiger partial charge in [-0.15, -0.1) is 0 Å². The number of aromatic nitrogens is 1. The number of H-pyrrole nitrogens is 1. The van der Waals surface area contributed by atoms with Crippen molar-refractivity contribution in [3.05, 3.63) is 22.5 Å². The Labute approximate surface area is 90.7 Å². The van der Waals surface area contributed by atoms with E-state index in [9.17, 15) is 5.11 Å². The molecule has 3 nitrogen and oxygen atoms in total. The fourth-order valence-corrected chi connectivity index (χ4v) is 2.52. The molecule has 2 atom stereocenters. The largest absolute Gasteiger partial charge is 0.387 e. The number of fused-ring (bicyclic) bond motifs is 1. The van der Waals surface area contributed by atoms with E-state index in [0.717, 1.165) is 24.1 Å². The Morgan fingerprint density at radius 1 is 1.33 bits per heavy atom. The smallest absolute Gasteiger partial charge is 0.0958 e. The van der Waals surface area contributed by atoms with Crippen LogP contribution in [0.1, 0.15) is 48.4 Å². The Balaban J connectivity index is 2.41. The Morgan fingerprint density at radius 2 is 2.00 bits per heavy atom. The van der Waals surface area contributed by atoms with E-state index in [1.54, 1.807) is 0 Å². The Kier molecular flexibility index (Phi) is 2.85. The van der Waals surface area contributed by atoms with Crippen LogP contribution in [-0.2, 0) is 12.8 Å². The van der Waals surface area contributed by atoms with Gasteiger partial charge in [-0.1, -0.05) is 0 Å². The molecule has 0 spiro atoms. The zero-order valence-corrected chi connectivity index (χ0v) is 9.51. The highest BCUT2D eigenvalue weighted by atomic mass is 16.3. The van der Waals surface area contributed by atoms with Gasteiger partial charge in [0.1, 0.15) is 0 Å². The number of hydrogen-bond donors (Lipinski definition) is 3. The van der Waals surface area contributed by atoms with Crippen LogP contribution in [-0.4, -0.2) is 16.1 Å². The van der Waals surface area contributed by atoms with Crippen molar-refractivity contribution in [1.82, 2.24) is 4.98 Å². The summed E-state index contributed by atoms with van der Waals surface area (Å²) >= 11 is 0. The van der Waals surface area contributed by atoms with Crippen LogP contribution >= 0.6 is 0 Å². The predicted octanol–water partition coefficient (Wildman–Crippen LogP) is 1.58. The molecule has 15 heavy (non-hydrogen) atoms. The van der Waals surface area contributed by atoms with Crippen molar-refractivity contribution in [2.75, 3.05) is 0 Å². The van der Waals surface area contributed by atoms with E-state index in [0.29, 0.717) is 0 Å². The van der Waals surface area contributed by atoms with Crippen LogP contribution in [0, 0.1) is 6.92 Å². The topological polar surface area (TPSA) is 62.0 Å². The molecule has 84 valence electrons. The molecule has 0 bridgehead atoms. The van der Waals surface area contributed by atoms with Crippen molar-refractivity contribution >= 4 is 0 Å². The van der Waals surface area contributed by atoms with Crippen molar-refractivity contribution < 1.29 is 5.11 Å². The number of hydrogen-bond acceptors (Lipinski definition) is 2. The van der Waals surface area contributed by atoms with E-state index in [2.05, 4.69) is 4.98 Å². The Bertz CT molecular complexity index is 355. The lowest BCUT2D eigenvalue weighted by molar-refractivity contribution is 0.151. The molecule has 4 N–H and O–H groups in total. The lowest BCUT2D eigenvalue weighted by atomic mass is 9.91. The quantitative estimate of drug-likeness (QED) is 0.691. The van der Waals surface area contributed by atoms with Gasteiger partial charge in [0, 0.05) is 23.0 Å². The standard InChI is InChI=1S/C12H20N2O/c1-7(13)12(15)11-8(2)14-10-6-4-3-5-9(10)11/h7,12,14-15H,3-6,13H2,1-2H3. The molecule has 1 heterocycles. The molecule has 2 unspecified atom stereocenters. The first kappa shape index (κ1) is 10.7. The van der Waals surface area contributed by atoms with Crippen LogP contribution in [0.25, 0.3) is 0 Å².